The van der Waals surface area contributed by atoms with E-state index in [0.717, 1.165) is 12.0 Å². The molecule has 1 aliphatic rings. The van der Waals surface area contributed by atoms with Crippen molar-refractivity contribution in [2.45, 2.75) is 18.8 Å². The fourth-order valence-corrected chi connectivity index (χ4v) is 2.46. The van der Waals surface area contributed by atoms with E-state index in [2.05, 4.69) is 11.1 Å². The summed E-state index contributed by atoms with van der Waals surface area (Å²) in [6.07, 6.45) is 2.87. The smallest absolute Gasteiger partial charge is 0.145 e. The summed E-state index contributed by atoms with van der Waals surface area (Å²) in [5.74, 6) is 0.729. The number of aromatic nitrogens is 1. The minimum atomic E-state index is 0.0424. The number of fused-ring (bicyclic) bond motifs is 1. The maximum Gasteiger partial charge on any atom is 0.145 e. The van der Waals surface area contributed by atoms with Crippen LogP contribution in [0.5, 0.6) is 0 Å². The molecule has 3 nitrogen and oxygen atoms in total. The second kappa shape index (κ2) is 4.26. The zero-order chi connectivity index (χ0) is 12.5. The fourth-order valence-electron chi connectivity index (χ4n) is 2.46. The number of hydrogen-bond donors (Lipinski definition) is 1. The fraction of sp³-hybridized carbons (Fsp3) is 0.200. The van der Waals surface area contributed by atoms with Crippen LogP contribution >= 0.6 is 0 Å². The van der Waals surface area contributed by atoms with Crippen LogP contribution in [0.25, 0.3) is 0 Å². The molecule has 0 amide bonds. The Balaban J connectivity index is 1.77. The van der Waals surface area contributed by atoms with Crippen molar-refractivity contribution < 1.29 is 4.79 Å². The lowest BCUT2D eigenvalue weighted by Crippen LogP contribution is -2.26. The Morgan fingerprint density at radius 2 is 2.11 bits per heavy atom. The Morgan fingerprint density at radius 1 is 1.28 bits per heavy atom. The maximum atomic E-state index is 12.2. The van der Waals surface area contributed by atoms with E-state index in [-0.39, 0.29) is 11.7 Å². The summed E-state index contributed by atoms with van der Waals surface area (Å²) in [6, 6.07) is 11.8. The Morgan fingerprint density at radius 3 is 2.89 bits per heavy atom. The zero-order valence-corrected chi connectivity index (χ0v) is 9.97. The molecule has 1 aromatic carbocycles. The lowest BCUT2D eigenvalue weighted by atomic mass is 9.74. The summed E-state index contributed by atoms with van der Waals surface area (Å²) in [6.45, 7) is 0. The third-order valence-corrected chi connectivity index (χ3v) is 3.53. The second-order valence-electron chi connectivity index (χ2n) is 4.65. The molecule has 90 valence electrons. The van der Waals surface area contributed by atoms with Crippen LogP contribution in [0.15, 0.2) is 42.6 Å². The first kappa shape index (κ1) is 11.0. The third kappa shape index (κ3) is 1.78. The molecule has 0 spiro atoms. The van der Waals surface area contributed by atoms with Gasteiger partial charge < -0.3 is 5.73 Å². The van der Waals surface area contributed by atoms with Gasteiger partial charge in [0.15, 0.2) is 0 Å². The molecular weight excluding hydrogens is 224 g/mol. The van der Waals surface area contributed by atoms with E-state index >= 15 is 0 Å². The van der Waals surface area contributed by atoms with E-state index < -0.39 is 0 Å². The van der Waals surface area contributed by atoms with Gasteiger partial charge in [0.1, 0.15) is 11.6 Å². The highest BCUT2D eigenvalue weighted by molar-refractivity contribution is 5.91. The van der Waals surface area contributed by atoms with Crippen LogP contribution in [0.2, 0.25) is 0 Å². The predicted octanol–water partition coefficient (Wildman–Crippen LogP) is 2.12. The highest BCUT2D eigenvalue weighted by Gasteiger charge is 2.31. The van der Waals surface area contributed by atoms with Crippen LogP contribution in [-0.4, -0.2) is 10.8 Å². The quantitative estimate of drug-likeness (QED) is 0.891. The van der Waals surface area contributed by atoms with Gasteiger partial charge in [0.05, 0.1) is 0 Å². The Bertz CT molecular complexity index is 607. The van der Waals surface area contributed by atoms with Crippen LogP contribution in [0, 0.1) is 0 Å². The summed E-state index contributed by atoms with van der Waals surface area (Å²) in [4.78, 5) is 16.2. The van der Waals surface area contributed by atoms with Crippen molar-refractivity contribution in [2.24, 2.45) is 0 Å². The highest BCUT2D eigenvalue weighted by Crippen LogP contribution is 2.36. The number of nitrogens with zero attached hydrogens (tertiary/aromatic N) is 1. The molecule has 0 saturated carbocycles. The van der Waals surface area contributed by atoms with Gasteiger partial charge in [0, 0.05) is 24.1 Å². The summed E-state index contributed by atoms with van der Waals surface area (Å²) in [5.41, 5.74) is 9.04. The first-order valence-corrected chi connectivity index (χ1v) is 6.05. The van der Waals surface area contributed by atoms with E-state index in [1.54, 1.807) is 6.20 Å². The van der Waals surface area contributed by atoms with Crippen molar-refractivity contribution in [2.75, 3.05) is 5.73 Å². The first-order valence-electron chi connectivity index (χ1n) is 6.05. The van der Waals surface area contributed by atoms with Crippen LogP contribution in [0.4, 0.5) is 5.82 Å². The number of nitrogens with two attached hydrogens (primary N) is 1. The largest absolute Gasteiger partial charge is 0.383 e. The molecule has 3 heteroatoms. The molecule has 1 aromatic heterocycles. The average molecular weight is 238 g/mol. The number of carbonyl (C=O) groups excluding carboxylic acids is 1. The molecule has 0 aliphatic heterocycles. The minimum absolute atomic E-state index is 0.0424. The number of pyridine rings is 1. The monoisotopic (exact) mass is 238 g/mol. The van der Waals surface area contributed by atoms with E-state index in [1.807, 2.05) is 30.3 Å². The number of rotatable bonds is 3. The molecule has 2 N–H and O–H groups in total. The summed E-state index contributed by atoms with van der Waals surface area (Å²) in [5, 5.41) is 0. The molecule has 0 saturated heterocycles. The van der Waals surface area contributed by atoms with E-state index in [9.17, 15) is 4.79 Å². The SMILES string of the molecule is Nc1ncccc1CC(=O)C1Cc2ccccc21. The molecule has 1 aliphatic carbocycles. The number of anilines is 1. The topological polar surface area (TPSA) is 56.0 Å². The number of benzene rings is 1. The number of ketones is 1. The van der Waals surface area contributed by atoms with Crippen molar-refractivity contribution in [3.63, 3.8) is 0 Å². The van der Waals surface area contributed by atoms with E-state index in [0.29, 0.717) is 12.2 Å². The van der Waals surface area contributed by atoms with E-state index in [4.69, 9.17) is 5.73 Å². The lowest BCUT2D eigenvalue weighted by Gasteiger charge is -2.28. The van der Waals surface area contributed by atoms with Gasteiger partial charge in [-0.25, -0.2) is 4.98 Å². The van der Waals surface area contributed by atoms with Crippen molar-refractivity contribution in [1.82, 2.24) is 4.98 Å². The van der Waals surface area contributed by atoms with Crippen LogP contribution in [0.1, 0.15) is 22.6 Å². The van der Waals surface area contributed by atoms with Gasteiger partial charge in [0.25, 0.3) is 0 Å². The van der Waals surface area contributed by atoms with Gasteiger partial charge in [0.2, 0.25) is 0 Å². The van der Waals surface area contributed by atoms with Gasteiger partial charge >= 0.3 is 0 Å². The predicted molar refractivity (Wildman–Crippen MR) is 70.2 cm³/mol. The highest BCUT2D eigenvalue weighted by atomic mass is 16.1. The zero-order valence-electron chi connectivity index (χ0n) is 9.97. The average Bonchev–Trinajstić information content (AvgIpc) is 2.34. The summed E-state index contributed by atoms with van der Waals surface area (Å²) >= 11 is 0. The molecule has 2 aromatic rings. The molecule has 0 radical (unpaired) electrons. The van der Waals surface area contributed by atoms with Crippen molar-refractivity contribution in [3.8, 4) is 0 Å². The first-order chi connectivity index (χ1) is 8.75. The lowest BCUT2D eigenvalue weighted by molar-refractivity contribution is -0.120. The van der Waals surface area contributed by atoms with Gasteiger partial charge in [-0.1, -0.05) is 30.3 Å². The van der Waals surface area contributed by atoms with Gasteiger partial charge in [-0.05, 0) is 23.6 Å². The summed E-state index contributed by atoms with van der Waals surface area (Å²) < 4.78 is 0. The maximum absolute atomic E-state index is 12.2. The van der Waals surface area contributed by atoms with E-state index in [1.165, 1.54) is 11.1 Å². The standard InChI is InChI=1S/C15H14N2O/c16-15-11(5-3-7-17-15)9-14(18)13-8-10-4-1-2-6-12(10)13/h1-7,13H,8-9H2,(H2,16,17). The van der Waals surface area contributed by atoms with Crippen molar-refractivity contribution in [3.05, 3.63) is 59.3 Å². The van der Waals surface area contributed by atoms with Crippen LogP contribution < -0.4 is 5.73 Å². The molecule has 18 heavy (non-hydrogen) atoms. The number of hydrogen-bond acceptors (Lipinski definition) is 3. The molecule has 1 unspecified atom stereocenters. The Labute approximate surface area is 106 Å². The number of nitrogen functional groups attached to an aromatic ring is 1. The second-order valence-corrected chi connectivity index (χ2v) is 4.65. The Kier molecular flexibility index (Phi) is 2.59. The molecule has 0 fully saturated rings. The minimum Gasteiger partial charge on any atom is -0.383 e. The van der Waals surface area contributed by atoms with Gasteiger partial charge in [-0.3, -0.25) is 4.79 Å². The van der Waals surface area contributed by atoms with Crippen molar-refractivity contribution >= 4 is 11.6 Å². The molecule has 1 atom stereocenters. The molecule has 1 heterocycles. The third-order valence-electron chi connectivity index (χ3n) is 3.53. The van der Waals surface area contributed by atoms with Crippen LogP contribution in [0.3, 0.4) is 0 Å². The molecular formula is C15H14N2O. The normalized spacial score (nSPS) is 16.8. The molecule has 3 rings (SSSR count). The van der Waals surface area contributed by atoms with Crippen molar-refractivity contribution in [1.29, 1.82) is 0 Å². The van der Waals surface area contributed by atoms with Gasteiger partial charge in [-0.2, -0.15) is 0 Å². The Hall–Kier alpha value is -2.16. The van der Waals surface area contributed by atoms with Crippen LogP contribution in [-0.2, 0) is 17.6 Å². The number of carbonyl (C=O) groups is 1. The number of Topliss-reactive ketones (excluding diaryl/α,β-unsaturated/α-hetero) is 1. The summed E-state index contributed by atoms with van der Waals surface area (Å²) in [7, 11) is 0. The molecule has 0 bridgehead atoms. The van der Waals surface area contributed by atoms with Gasteiger partial charge in [-0.15, -0.1) is 0 Å².